The third-order valence-electron chi connectivity index (χ3n) is 3.21. The first-order valence-electron chi connectivity index (χ1n) is 6.26. The molecular weight excluding hydrogens is 240 g/mol. The van der Waals surface area contributed by atoms with Gasteiger partial charge in [-0.25, -0.2) is 0 Å². The first-order chi connectivity index (χ1) is 9.08. The molecule has 1 aromatic carbocycles. The number of rotatable bonds is 4. The summed E-state index contributed by atoms with van der Waals surface area (Å²) in [6, 6.07) is 7.43. The summed E-state index contributed by atoms with van der Waals surface area (Å²) in [4.78, 5) is 11.9. The number of benzene rings is 1. The van der Waals surface area contributed by atoms with Gasteiger partial charge < -0.3 is 15.5 Å². The Labute approximate surface area is 112 Å². The Kier molecular flexibility index (Phi) is 3.90. The van der Waals surface area contributed by atoms with Gasteiger partial charge in [0.15, 0.2) is 0 Å². The van der Waals surface area contributed by atoms with Crippen LogP contribution in [0.25, 0.3) is 0 Å². The molecule has 0 aliphatic heterocycles. The molecule has 0 atom stereocenters. The molecule has 0 unspecified atom stereocenters. The van der Waals surface area contributed by atoms with Crippen molar-refractivity contribution >= 4 is 17.3 Å². The molecule has 0 radical (unpaired) electrons. The van der Waals surface area contributed by atoms with Crippen molar-refractivity contribution in [1.29, 1.82) is 0 Å². The predicted molar refractivity (Wildman–Crippen MR) is 76.0 cm³/mol. The fraction of sp³-hybridized carbons (Fsp3) is 0.267. The zero-order valence-electron chi connectivity index (χ0n) is 11.2. The van der Waals surface area contributed by atoms with Crippen molar-refractivity contribution in [2.45, 2.75) is 26.7 Å². The van der Waals surface area contributed by atoms with E-state index in [1.165, 1.54) is 0 Å². The summed E-state index contributed by atoms with van der Waals surface area (Å²) in [7, 11) is 0. The van der Waals surface area contributed by atoms with Crippen LogP contribution >= 0.6 is 0 Å². The van der Waals surface area contributed by atoms with Crippen LogP contribution in [0.4, 0.5) is 11.4 Å². The molecule has 0 saturated carbocycles. The molecule has 4 nitrogen and oxygen atoms in total. The Morgan fingerprint density at radius 3 is 2.79 bits per heavy atom. The second-order valence-electron chi connectivity index (χ2n) is 4.60. The summed E-state index contributed by atoms with van der Waals surface area (Å²) < 4.78 is 5.20. The number of amides is 1. The Hall–Kier alpha value is -2.23. The molecule has 100 valence electrons. The van der Waals surface area contributed by atoms with E-state index in [4.69, 9.17) is 10.2 Å². The Bertz CT molecular complexity index is 574. The smallest absolute Gasteiger partial charge is 0.224 e. The Morgan fingerprint density at radius 1 is 1.32 bits per heavy atom. The van der Waals surface area contributed by atoms with E-state index in [9.17, 15) is 4.79 Å². The lowest BCUT2D eigenvalue weighted by atomic mass is 10.1. The van der Waals surface area contributed by atoms with Crippen molar-refractivity contribution in [1.82, 2.24) is 0 Å². The normalized spacial score (nSPS) is 10.4. The zero-order valence-corrected chi connectivity index (χ0v) is 11.2. The molecule has 0 bridgehead atoms. The van der Waals surface area contributed by atoms with Crippen LogP contribution in [0.1, 0.15) is 23.3 Å². The van der Waals surface area contributed by atoms with Crippen LogP contribution in [0, 0.1) is 13.8 Å². The van der Waals surface area contributed by atoms with Crippen molar-refractivity contribution in [3.05, 3.63) is 47.4 Å². The van der Waals surface area contributed by atoms with Crippen LogP contribution in [-0.2, 0) is 11.2 Å². The second-order valence-corrected chi connectivity index (χ2v) is 4.60. The lowest BCUT2D eigenvalue weighted by molar-refractivity contribution is -0.116. The highest BCUT2D eigenvalue weighted by atomic mass is 16.3. The molecule has 2 rings (SSSR count). The minimum atomic E-state index is -0.0585. The number of hydrogen-bond acceptors (Lipinski definition) is 3. The van der Waals surface area contributed by atoms with Crippen molar-refractivity contribution < 1.29 is 9.21 Å². The number of nitrogen functional groups attached to an aromatic ring is 1. The van der Waals surface area contributed by atoms with Crippen LogP contribution in [0.5, 0.6) is 0 Å². The average molecular weight is 258 g/mol. The van der Waals surface area contributed by atoms with Gasteiger partial charge in [-0.05, 0) is 43.2 Å². The zero-order chi connectivity index (χ0) is 13.8. The van der Waals surface area contributed by atoms with E-state index in [0.717, 1.165) is 16.9 Å². The first kappa shape index (κ1) is 13.2. The van der Waals surface area contributed by atoms with E-state index in [2.05, 4.69) is 5.32 Å². The maximum Gasteiger partial charge on any atom is 0.224 e. The molecule has 1 amide bonds. The van der Waals surface area contributed by atoms with E-state index in [-0.39, 0.29) is 5.91 Å². The van der Waals surface area contributed by atoms with Gasteiger partial charge in [0, 0.05) is 12.8 Å². The lowest BCUT2D eigenvalue weighted by Crippen LogP contribution is -2.15. The van der Waals surface area contributed by atoms with Gasteiger partial charge in [-0.1, -0.05) is 6.07 Å². The van der Waals surface area contributed by atoms with Crippen LogP contribution in [-0.4, -0.2) is 5.91 Å². The van der Waals surface area contributed by atoms with Crippen molar-refractivity contribution in [2.75, 3.05) is 11.1 Å². The fourth-order valence-electron chi connectivity index (χ4n) is 1.90. The summed E-state index contributed by atoms with van der Waals surface area (Å²) in [5.41, 5.74) is 9.31. The van der Waals surface area contributed by atoms with E-state index in [1.807, 2.05) is 38.1 Å². The van der Waals surface area contributed by atoms with Gasteiger partial charge in [0.05, 0.1) is 17.6 Å². The van der Waals surface area contributed by atoms with Gasteiger partial charge >= 0.3 is 0 Å². The largest absolute Gasteiger partial charge is 0.469 e. The average Bonchev–Trinajstić information content (AvgIpc) is 2.90. The summed E-state index contributed by atoms with van der Waals surface area (Å²) in [5, 5.41) is 2.88. The van der Waals surface area contributed by atoms with Crippen LogP contribution in [0.2, 0.25) is 0 Å². The molecule has 0 fully saturated rings. The number of hydrogen-bond donors (Lipinski definition) is 2. The predicted octanol–water partition coefficient (Wildman–Crippen LogP) is 3.05. The first-order valence-corrected chi connectivity index (χ1v) is 6.26. The molecule has 0 spiro atoms. The minimum absolute atomic E-state index is 0.0585. The van der Waals surface area contributed by atoms with Gasteiger partial charge in [-0.3, -0.25) is 4.79 Å². The second kappa shape index (κ2) is 5.61. The van der Waals surface area contributed by atoms with Crippen LogP contribution < -0.4 is 11.1 Å². The molecule has 1 heterocycles. The molecule has 19 heavy (non-hydrogen) atoms. The molecule has 3 N–H and O–H groups in total. The number of aryl methyl sites for hydroxylation is 2. The maximum absolute atomic E-state index is 11.9. The molecule has 4 heteroatoms. The van der Waals surface area contributed by atoms with Crippen LogP contribution in [0.3, 0.4) is 0 Å². The van der Waals surface area contributed by atoms with Gasteiger partial charge in [-0.15, -0.1) is 0 Å². The Balaban J connectivity index is 2.01. The monoisotopic (exact) mass is 258 g/mol. The number of furan rings is 1. The minimum Gasteiger partial charge on any atom is -0.469 e. The van der Waals surface area contributed by atoms with E-state index >= 15 is 0 Å². The lowest BCUT2D eigenvalue weighted by Gasteiger charge is -2.13. The highest BCUT2D eigenvalue weighted by Gasteiger charge is 2.10. The van der Waals surface area contributed by atoms with Gasteiger partial charge in [0.2, 0.25) is 5.91 Å². The standard InChI is InChI=1S/C15H18N2O2/c1-10-5-7-13(16)15(11(10)2)17-14(18)8-6-12-4-3-9-19-12/h3-5,7,9H,6,8,16H2,1-2H3,(H,17,18). The fourth-order valence-corrected chi connectivity index (χ4v) is 1.90. The quantitative estimate of drug-likeness (QED) is 0.828. The van der Waals surface area contributed by atoms with Gasteiger partial charge in [0.1, 0.15) is 5.76 Å². The van der Waals surface area contributed by atoms with E-state index < -0.39 is 0 Å². The molecule has 0 aliphatic carbocycles. The maximum atomic E-state index is 11.9. The van der Waals surface area contributed by atoms with E-state index in [0.29, 0.717) is 24.2 Å². The third kappa shape index (κ3) is 3.16. The Morgan fingerprint density at radius 2 is 2.11 bits per heavy atom. The third-order valence-corrected chi connectivity index (χ3v) is 3.21. The summed E-state index contributed by atoms with van der Waals surface area (Å²) in [5.74, 6) is 0.751. The highest BCUT2D eigenvalue weighted by molar-refractivity contribution is 5.95. The molecule has 0 saturated heterocycles. The summed E-state index contributed by atoms with van der Waals surface area (Å²) in [6.07, 6.45) is 2.57. The van der Waals surface area contributed by atoms with Gasteiger partial charge in [0.25, 0.3) is 0 Å². The summed E-state index contributed by atoms with van der Waals surface area (Å²) >= 11 is 0. The molecule has 1 aromatic heterocycles. The van der Waals surface area contributed by atoms with E-state index in [1.54, 1.807) is 6.26 Å². The molecular formula is C15H18N2O2. The number of anilines is 2. The number of nitrogens with one attached hydrogen (secondary N) is 1. The molecule has 0 aliphatic rings. The highest BCUT2D eigenvalue weighted by Crippen LogP contribution is 2.26. The van der Waals surface area contributed by atoms with Crippen molar-refractivity contribution in [2.24, 2.45) is 0 Å². The van der Waals surface area contributed by atoms with Crippen molar-refractivity contribution in [3.63, 3.8) is 0 Å². The van der Waals surface area contributed by atoms with Gasteiger partial charge in [-0.2, -0.15) is 0 Å². The number of nitrogens with two attached hydrogens (primary N) is 1. The number of carbonyl (C=O) groups excluding carboxylic acids is 1. The molecule has 2 aromatic rings. The van der Waals surface area contributed by atoms with Crippen LogP contribution in [0.15, 0.2) is 34.9 Å². The van der Waals surface area contributed by atoms with Crippen molar-refractivity contribution in [3.8, 4) is 0 Å². The SMILES string of the molecule is Cc1ccc(N)c(NC(=O)CCc2ccco2)c1C. The number of carbonyl (C=O) groups is 1. The summed E-state index contributed by atoms with van der Waals surface area (Å²) in [6.45, 7) is 3.95. The topological polar surface area (TPSA) is 68.3 Å².